The Balaban J connectivity index is 2.02. The smallest absolute Gasteiger partial charge is 0.341 e. The quantitative estimate of drug-likeness (QED) is 0.319. The molecule has 0 aliphatic heterocycles. The Morgan fingerprint density at radius 3 is 2.39 bits per heavy atom. The van der Waals surface area contributed by atoms with Gasteiger partial charge in [-0.2, -0.15) is 0 Å². The Hall–Kier alpha value is -4.12. The monoisotopic (exact) mass is 441 g/mol. The first-order valence-corrected chi connectivity index (χ1v) is 9.79. The maximum absolute atomic E-state index is 12.8. The molecule has 0 fully saturated rings. The molecule has 0 atom stereocenters. The lowest BCUT2D eigenvalue weighted by Gasteiger charge is -2.09. The molecular weight excluding hydrogens is 426 g/mol. The zero-order valence-corrected chi connectivity index (χ0v) is 16.9. The van der Waals surface area contributed by atoms with Crippen molar-refractivity contribution in [3.8, 4) is 11.1 Å². The molecule has 2 aromatic carbocycles. The number of nitrogens with zero attached hydrogens (tertiary/aromatic N) is 2. The third-order valence-electron chi connectivity index (χ3n) is 4.22. The molecule has 1 N–H and O–H groups in total. The van der Waals surface area contributed by atoms with E-state index in [2.05, 4.69) is 5.32 Å². The lowest BCUT2D eigenvalue weighted by atomic mass is 10.0. The van der Waals surface area contributed by atoms with E-state index in [1.165, 1.54) is 0 Å². The Labute approximate surface area is 179 Å². The number of carbonyl (C=O) groups is 2. The van der Waals surface area contributed by atoms with Crippen LogP contribution in [0.3, 0.4) is 0 Å². The minimum absolute atomic E-state index is 0.115. The number of amides is 1. The second-order valence-corrected chi connectivity index (χ2v) is 6.99. The fraction of sp³-hybridized carbons (Fsp3) is 0.100. The van der Waals surface area contributed by atoms with E-state index in [0.29, 0.717) is 11.6 Å². The summed E-state index contributed by atoms with van der Waals surface area (Å²) in [5.41, 5.74) is -0.223. The van der Waals surface area contributed by atoms with Crippen LogP contribution in [0.25, 0.3) is 11.1 Å². The van der Waals surface area contributed by atoms with Crippen LogP contribution in [0.4, 0.5) is 16.4 Å². The molecule has 3 aromatic rings. The van der Waals surface area contributed by atoms with E-state index in [1.807, 2.05) is 6.07 Å². The lowest BCUT2D eigenvalue weighted by Crippen LogP contribution is -2.16. The van der Waals surface area contributed by atoms with Crippen LogP contribution >= 0.6 is 11.3 Å². The predicted molar refractivity (Wildman–Crippen MR) is 113 cm³/mol. The molecule has 0 bridgehead atoms. The maximum atomic E-state index is 12.8. The summed E-state index contributed by atoms with van der Waals surface area (Å²) in [7, 11) is 0. The van der Waals surface area contributed by atoms with E-state index < -0.39 is 33.1 Å². The first kappa shape index (κ1) is 21.6. The van der Waals surface area contributed by atoms with Crippen LogP contribution in [-0.4, -0.2) is 28.3 Å². The molecule has 0 aliphatic rings. The number of nitro benzene ring substituents is 2. The van der Waals surface area contributed by atoms with Crippen molar-refractivity contribution in [3.05, 3.63) is 85.3 Å². The molecule has 11 heteroatoms. The van der Waals surface area contributed by atoms with E-state index in [4.69, 9.17) is 4.74 Å². The summed E-state index contributed by atoms with van der Waals surface area (Å²) >= 11 is 1.06. The van der Waals surface area contributed by atoms with Gasteiger partial charge >= 0.3 is 5.97 Å². The second kappa shape index (κ2) is 9.13. The van der Waals surface area contributed by atoms with Crippen LogP contribution in [0.2, 0.25) is 0 Å². The molecular formula is C20H15N3O7S. The van der Waals surface area contributed by atoms with Gasteiger partial charge in [0.15, 0.2) is 0 Å². The molecule has 3 rings (SSSR count). The van der Waals surface area contributed by atoms with Gasteiger partial charge < -0.3 is 10.1 Å². The summed E-state index contributed by atoms with van der Waals surface area (Å²) in [5.74, 6) is -1.54. The van der Waals surface area contributed by atoms with Crippen LogP contribution in [0, 0.1) is 20.2 Å². The fourth-order valence-corrected chi connectivity index (χ4v) is 3.79. The first-order chi connectivity index (χ1) is 14.8. The molecule has 1 heterocycles. The molecule has 1 amide bonds. The molecule has 0 saturated carbocycles. The number of carbonyl (C=O) groups excluding carboxylic acids is 2. The highest BCUT2D eigenvalue weighted by atomic mass is 32.1. The number of benzene rings is 2. The van der Waals surface area contributed by atoms with Gasteiger partial charge in [0.05, 0.1) is 22.5 Å². The average molecular weight is 441 g/mol. The highest BCUT2D eigenvalue weighted by Gasteiger charge is 2.27. The number of rotatable bonds is 7. The van der Waals surface area contributed by atoms with Crippen molar-refractivity contribution in [1.29, 1.82) is 0 Å². The van der Waals surface area contributed by atoms with Crippen molar-refractivity contribution in [3.63, 3.8) is 0 Å². The summed E-state index contributed by atoms with van der Waals surface area (Å²) in [6, 6.07) is 11.7. The van der Waals surface area contributed by atoms with E-state index in [9.17, 15) is 29.8 Å². The van der Waals surface area contributed by atoms with Gasteiger partial charge in [-0.3, -0.25) is 25.0 Å². The summed E-state index contributed by atoms with van der Waals surface area (Å²) in [6.45, 7) is 1.76. The van der Waals surface area contributed by atoms with Gasteiger partial charge in [0, 0.05) is 17.0 Å². The van der Waals surface area contributed by atoms with Crippen LogP contribution < -0.4 is 5.32 Å². The molecule has 0 saturated heterocycles. The van der Waals surface area contributed by atoms with Crippen molar-refractivity contribution >= 4 is 39.6 Å². The minimum Gasteiger partial charge on any atom is -0.462 e. The molecule has 0 aliphatic carbocycles. The number of anilines is 1. The van der Waals surface area contributed by atoms with Crippen molar-refractivity contribution in [2.45, 2.75) is 6.92 Å². The van der Waals surface area contributed by atoms with E-state index >= 15 is 0 Å². The molecule has 0 unspecified atom stereocenters. The zero-order valence-electron chi connectivity index (χ0n) is 16.1. The van der Waals surface area contributed by atoms with Gasteiger partial charge in [0.25, 0.3) is 17.3 Å². The van der Waals surface area contributed by atoms with Crippen LogP contribution in [0.15, 0.2) is 53.9 Å². The second-order valence-electron chi connectivity index (χ2n) is 6.11. The third-order valence-corrected chi connectivity index (χ3v) is 5.11. The molecule has 10 nitrogen and oxygen atoms in total. The van der Waals surface area contributed by atoms with Gasteiger partial charge in [0.2, 0.25) is 0 Å². The van der Waals surface area contributed by atoms with Crippen molar-refractivity contribution in [2.24, 2.45) is 0 Å². The maximum Gasteiger partial charge on any atom is 0.341 e. The van der Waals surface area contributed by atoms with E-state index in [0.717, 1.165) is 29.0 Å². The number of ether oxygens (including phenoxy) is 1. The standard InChI is InChI=1S/C20H15N3O7S/c1-2-30-20(25)17-15(12-6-4-3-5-7-12)11-31-19(17)21-18(24)14-9-8-13(22(26)27)10-16(14)23(28)29/h3-11H,2H2,1H3,(H,21,24). The first-order valence-electron chi connectivity index (χ1n) is 8.91. The van der Waals surface area contributed by atoms with Gasteiger partial charge in [-0.05, 0) is 18.6 Å². The van der Waals surface area contributed by atoms with Crippen molar-refractivity contribution in [1.82, 2.24) is 0 Å². The lowest BCUT2D eigenvalue weighted by molar-refractivity contribution is -0.394. The Morgan fingerprint density at radius 1 is 1.06 bits per heavy atom. The number of thiophene rings is 1. The Bertz CT molecular complexity index is 1170. The van der Waals surface area contributed by atoms with Crippen molar-refractivity contribution < 1.29 is 24.2 Å². The fourth-order valence-electron chi connectivity index (χ4n) is 2.83. The van der Waals surface area contributed by atoms with E-state index in [1.54, 1.807) is 36.6 Å². The van der Waals surface area contributed by atoms with Gasteiger partial charge in [-0.15, -0.1) is 11.3 Å². The third kappa shape index (κ3) is 4.56. The molecule has 0 spiro atoms. The predicted octanol–water partition coefficient (Wildman–Crippen LogP) is 4.66. The number of hydrogen-bond acceptors (Lipinski definition) is 8. The Kier molecular flexibility index (Phi) is 6.36. The summed E-state index contributed by atoms with van der Waals surface area (Å²) in [5, 5.41) is 26.6. The number of non-ortho nitro benzene ring substituents is 1. The minimum atomic E-state index is -0.881. The van der Waals surface area contributed by atoms with E-state index in [-0.39, 0.29) is 22.7 Å². The Morgan fingerprint density at radius 2 is 1.77 bits per heavy atom. The number of hydrogen-bond donors (Lipinski definition) is 1. The average Bonchev–Trinajstić information content (AvgIpc) is 3.17. The van der Waals surface area contributed by atoms with Gasteiger partial charge in [-0.25, -0.2) is 4.79 Å². The van der Waals surface area contributed by atoms with Crippen LogP contribution in [-0.2, 0) is 4.74 Å². The summed E-state index contributed by atoms with van der Waals surface area (Å²) < 4.78 is 5.11. The number of nitrogens with one attached hydrogen (secondary N) is 1. The molecule has 0 radical (unpaired) electrons. The topological polar surface area (TPSA) is 142 Å². The number of esters is 1. The highest BCUT2D eigenvalue weighted by Crippen LogP contribution is 2.37. The number of nitro groups is 2. The van der Waals surface area contributed by atoms with Crippen LogP contribution in [0.5, 0.6) is 0 Å². The zero-order chi connectivity index (χ0) is 22.5. The normalized spacial score (nSPS) is 10.4. The van der Waals surface area contributed by atoms with Gasteiger partial charge in [0.1, 0.15) is 16.1 Å². The molecule has 158 valence electrons. The highest BCUT2D eigenvalue weighted by molar-refractivity contribution is 7.15. The van der Waals surface area contributed by atoms with Gasteiger partial charge in [-0.1, -0.05) is 30.3 Å². The van der Waals surface area contributed by atoms with Crippen molar-refractivity contribution in [2.75, 3.05) is 11.9 Å². The summed E-state index contributed by atoms with van der Waals surface area (Å²) in [4.78, 5) is 45.9. The SMILES string of the molecule is CCOC(=O)c1c(-c2ccccc2)csc1NC(=O)c1ccc([N+](=O)[O-])cc1[N+](=O)[O-]. The largest absolute Gasteiger partial charge is 0.462 e. The molecule has 31 heavy (non-hydrogen) atoms. The summed E-state index contributed by atoms with van der Waals surface area (Å²) in [6.07, 6.45) is 0. The molecule has 1 aromatic heterocycles. The van der Waals surface area contributed by atoms with Crippen LogP contribution in [0.1, 0.15) is 27.6 Å².